The molecule has 218 valence electrons. The molecular formula is C31H30N8O4. The second-order valence-corrected chi connectivity index (χ2v) is 10.3. The number of carbonyl (C=O) groups is 2. The van der Waals surface area contributed by atoms with Gasteiger partial charge in [-0.25, -0.2) is 24.7 Å². The smallest absolute Gasteiger partial charge is 0.324 e. The standard InChI is InChI=1S/C31H30N8O4/c1-19-4-10-26(43-19)20-5-8-23-25(16-20)35-28(37-29(23)39-12-14-42-15-13-39)21-6-11-27(33-17-21)36-31(41)34-22-7-9-24(32-18-22)30(40)38(2)3/h4-11,16-18H,12-15H2,1-3H3,(H2,33,34,36,41). The van der Waals surface area contributed by atoms with Gasteiger partial charge in [-0.3, -0.25) is 10.1 Å². The topological polar surface area (TPSA) is 139 Å². The number of hydrogen-bond acceptors (Lipinski definition) is 9. The van der Waals surface area contributed by atoms with E-state index < -0.39 is 6.03 Å². The Hall–Kier alpha value is -5.36. The second kappa shape index (κ2) is 11.9. The fourth-order valence-corrected chi connectivity index (χ4v) is 4.70. The Bertz CT molecular complexity index is 1780. The molecule has 0 atom stereocenters. The van der Waals surface area contributed by atoms with Gasteiger partial charge in [-0.05, 0) is 55.5 Å². The van der Waals surface area contributed by atoms with Crippen molar-refractivity contribution in [1.29, 1.82) is 0 Å². The van der Waals surface area contributed by atoms with E-state index in [9.17, 15) is 9.59 Å². The molecule has 1 aliphatic heterocycles. The number of amides is 3. The minimum Gasteiger partial charge on any atom is -0.461 e. The normalized spacial score (nSPS) is 13.1. The van der Waals surface area contributed by atoms with Gasteiger partial charge in [0.2, 0.25) is 0 Å². The van der Waals surface area contributed by atoms with E-state index in [4.69, 9.17) is 19.1 Å². The van der Waals surface area contributed by atoms with Crippen LogP contribution in [-0.4, -0.2) is 77.2 Å². The summed E-state index contributed by atoms with van der Waals surface area (Å²) in [5, 5.41) is 6.34. The summed E-state index contributed by atoms with van der Waals surface area (Å²) >= 11 is 0. The van der Waals surface area contributed by atoms with Gasteiger partial charge in [-0.2, -0.15) is 0 Å². The van der Waals surface area contributed by atoms with Gasteiger partial charge in [0, 0.05) is 49.9 Å². The average molecular weight is 579 g/mol. The van der Waals surface area contributed by atoms with Gasteiger partial charge in [0.05, 0.1) is 30.6 Å². The zero-order valence-corrected chi connectivity index (χ0v) is 24.0. The highest BCUT2D eigenvalue weighted by Gasteiger charge is 2.19. The van der Waals surface area contributed by atoms with Gasteiger partial charge < -0.3 is 24.3 Å². The maximum atomic E-state index is 12.6. The maximum absolute atomic E-state index is 12.6. The number of pyridine rings is 2. The number of morpholine rings is 1. The van der Waals surface area contributed by atoms with Crippen molar-refractivity contribution >= 4 is 40.2 Å². The van der Waals surface area contributed by atoms with Gasteiger partial charge >= 0.3 is 6.03 Å². The molecule has 4 aromatic heterocycles. The molecule has 12 heteroatoms. The minimum absolute atomic E-state index is 0.221. The van der Waals surface area contributed by atoms with Crippen LogP contribution in [0.4, 0.5) is 22.1 Å². The number of urea groups is 1. The number of ether oxygens (including phenoxy) is 1. The van der Waals surface area contributed by atoms with E-state index in [0.717, 1.165) is 46.9 Å². The molecule has 1 aliphatic rings. The number of nitrogens with one attached hydrogen (secondary N) is 2. The van der Waals surface area contributed by atoms with Crippen LogP contribution in [0.25, 0.3) is 33.6 Å². The maximum Gasteiger partial charge on any atom is 0.324 e. The van der Waals surface area contributed by atoms with E-state index >= 15 is 0 Å². The summed E-state index contributed by atoms with van der Waals surface area (Å²) in [4.78, 5) is 46.6. The molecule has 3 amide bonds. The Kier molecular flexibility index (Phi) is 7.67. The van der Waals surface area contributed by atoms with Gasteiger partial charge in [0.15, 0.2) is 5.82 Å². The lowest BCUT2D eigenvalue weighted by molar-refractivity contribution is 0.0822. The van der Waals surface area contributed by atoms with E-state index in [1.165, 1.54) is 11.1 Å². The summed E-state index contributed by atoms with van der Waals surface area (Å²) in [5.41, 5.74) is 3.14. The van der Waals surface area contributed by atoms with Crippen molar-refractivity contribution in [1.82, 2.24) is 24.8 Å². The zero-order valence-electron chi connectivity index (χ0n) is 24.0. The number of carbonyl (C=O) groups excluding carboxylic acids is 2. The molecule has 0 saturated carbocycles. The first kappa shape index (κ1) is 27.8. The van der Waals surface area contributed by atoms with Crippen LogP contribution in [0.2, 0.25) is 0 Å². The summed E-state index contributed by atoms with van der Waals surface area (Å²) in [7, 11) is 3.30. The third-order valence-corrected chi connectivity index (χ3v) is 6.92. The SMILES string of the molecule is Cc1ccc(-c2ccc3c(N4CCOCC4)nc(-c4ccc(NC(=O)Nc5ccc(C(=O)N(C)C)nc5)nc4)nc3c2)o1. The number of nitrogens with zero attached hydrogens (tertiary/aromatic N) is 6. The van der Waals surface area contributed by atoms with Gasteiger partial charge in [-0.15, -0.1) is 0 Å². The molecule has 1 aromatic carbocycles. The number of fused-ring (bicyclic) bond motifs is 1. The Morgan fingerprint density at radius 2 is 1.70 bits per heavy atom. The molecule has 12 nitrogen and oxygen atoms in total. The lowest BCUT2D eigenvalue weighted by Gasteiger charge is -2.29. The van der Waals surface area contributed by atoms with Crippen LogP contribution in [0.15, 0.2) is 71.4 Å². The number of hydrogen-bond donors (Lipinski definition) is 2. The van der Waals surface area contributed by atoms with Crippen LogP contribution in [0.1, 0.15) is 16.2 Å². The highest BCUT2D eigenvalue weighted by molar-refractivity contribution is 5.99. The predicted octanol–water partition coefficient (Wildman–Crippen LogP) is 4.84. The molecule has 0 spiro atoms. The molecule has 1 fully saturated rings. The molecule has 2 N–H and O–H groups in total. The van der Waals surface area contributed by atoms with E-state index in [0.29, 0.717) is 36.1 Å². The number of rotatable bonds is 6. The van der Waals surface area contributed by atoms with Crippen molar-refractivity contribution in [3.63, 3.8) is 0 Å². The Balaban J connectivity index is 1.23. The van der Waals surface area contributed by atoms with Crippen molar-refractivity contribution in [2.75, 3.05) is 55.9 Å². The van der Waals surface area contributed by atoms with E-state index in [2.05, 4.69) is 25.5 Å². The molecule has 0 bridgehead atoms. The molecule has 1 saturated heterocycles. The van der Waals surface area contributed by atoms with Gasteiger partial charge in [-0.1, -0.05) is 6.07 Å². The van der Waals surface area contributed by atoms with Crippen LogP contribution in [0, 0.1) is 6.92 Å². The number of aromatic nitrogens is 4. The third-order valence-electron chi connectivity index (χ3n) is 6.92. The van der Waals surface area contributed by atoms with Crippen molar-refractivity contribution in [3.8, 4) is 22.7 Å². The second-order valence-electron chi connectivity index (χ2n) is 10.3. The summed E-state index contributed by atoms with van der Waals surface area (Å²) in [6.07, 6.45) is 3.05. The zero-order chi connectivity index (χ0) is 29.9. The van der Waals surface area contributed by atoms with Crippen LogP contribution in [0.3, 0.4) is 0 Å². The van der Waals surface area contributed by atoms with Crippen LogP contribution in [-0.2, 0) is 4.74 Å². The lowest BCUT2D eigenvalue weighted by atomic mass is 10.1. The molecule has 43 heavy (non-hydrogen) atoms. The quantitative estimate of drug-likeness (QED) is 0.290. The summed E-state index contributed by atoms with van der Waals surface area (Å²) < 4.78 is 11.4. The van der Waals surface area contributed by atoms with Crippen LogP contribution < -0.4 is 15.5 Å². The monoisotopic (exact) mass is 578 g/mol. The van der Waals surface area contributed by atoms with Crippen LogP contribution >= 0.6 is 0 Å². The molecule has 0 unspecified atom stereocenters. The highest BCUT2D eigenvalue weighted by atomic mass is 16.5. The Morgan fingerprint density at radius 3 is 2.37 bits per heavy atom. The Morgan fingerprint density at radius 1 is 0.884 bits per heavy atom. The van der Waals surface area contributed by atoms with Crippen molar-refractivity contribution in [2.45, 2.75) is 6.92 Å². The van der Waals surface area contributed by atoms with Gasteiger partial charge in [0.25, 0.3) is 5.91 Å². The first-order chi connectivity index (χ1) is 20.8. The number of aryl methyl sites for hydroxylation is 1. The molecule has 5 heterocycles. The van der Waals surface area contributed by atoms with Crippen molar-refractivity contribution in [2.24, 2.45) is 0 Å². The van der Waals surface area contributed by atoms with Crippen LogP contribution in [0.5, 0.6) is 0 Å². The van der Waals surface area contributed by atoms with Crippen molar-refractivity contribution in [3.05, 3.63) is 78.4 Å². The van der Waals surface area contributed by atoms with Gasteiger partial charge in [0.1, 0.15) is 28.9 Å². The molecule has 0 radical (unpaired) electrons. The highest BCUT2D eigenvalue weighted by Crippen LogP contribution is 2.32. The summed E-state index contributed by atoms with van der Waals surface area (Å²) in [6, 6.07) is 16.1. The Labute approximate surface area is 247 Å². The van der Waals surface area contributed by atoms with Crippen molar-refractivity contribution < 1.29 is 18.7 Å². The van der Waals surface area contributed by atoms with E-state index in [1.807, 2.05) is 43.3 Å². The predicted molar refractivity (Wildman–Crippen MR) is 163 cm³/mol. The third kappa shape index (κ3) is 6.14. The van der Waals surface area contributed by atoms with E-state index in [-0.39, 0.29) is 11.6 Å². The molecule has 0 aliphatic carbocycles. The first-order valence-electron chi connectivity index (χ1n) is 13.8. The lowest BCUT2D eigenvalue weighted by Crippen LogP contribution is -2.37. The number of furan rings is 1. The fourth-order valence-electron chi connectivity index (χ4n) is 4.70. The molecule has 6 rings (SSSR count). The largest absolute Gasteiger partial charge is 0.461 e. The average Bonchev–Trinajstić information content (AvgIpc) is 3.47. The van der Waals surface area contributed by atoms with E-state index in [1.54, 1.807) is 38.5 Å². The number of anilines is 3. The first-order valence-corrected chi connectivity index (χ1v) is 13.8. The molecular weight excluding hydrogens is 548 g/mol. The fraction of sp³-hybridized carbons (Fsp3) is 0.226. The summed E-state index contributed by atoms with van der Waals surface area (Å²) in [6.45, 7) is 4.63. The minimum atomic E-state index is -0.494. The number of benzene rings is 1. The summed E-state index contributed by atoms with van der Waals surface area (Å²) in [5.74, 6) is 3.09. The molecule has 5 aromatic rings.